The quantitative estimate of drug-likeness (QED) is 0.616. The largest absolute Gasteiger partial charge is 0.364 e. The summed E-state index contributed by atoms with van der Waals surface area (Å²) in [7, 11) is 0. The number of aryl methyl sites for hydroxylation is 2. The van der Waals surface area contributed by atoms with Gasteiger partial charge in [-0.2, -0.15) is 5.10 Å². The van der Waals surface area contributed by atoms with Gasteiger partial charge in [0.15, 0.2) is 0 Å². The Morgan fingerprint density at radius 1 is 1.43 bits per heavy atom. The highest BCUT2D eigenvalue weighted by Crippen LogP contribution is 2.27. The Kier molecular flexibility index (Phi) is 5.28. The van der Waals surface area contributed by atoms with E-state index >= 15 is 0 Å². The summed E-state index contributed by atoms with van der Waals surface area (Å²) in [4.78, 5) is 22.4. The molecule has 1 heterocycles. The van der Waals surface area contributed by atoms with Crippen LogP contribution in [0.5, 0.6) is 0 Å². The molecule has 0 aliphatic rings. The van der Waals surface area contributed by atoms with E-state index in [0.29, 0.717) is 24.6 Å². The number of rotatable bonds is 6. The van der Waals surface area contributed by atoms with Crippen LogP contribution in [0.2, 0.25) is 0 Å². The molecule has 1 amide bonds. The third-order valence-corrected chi connectivity index (χ3v) is 2.74. The van der Waals surface area contributed by atoms with Gasteiger partial charge in [-0.05, 0) is 34.6 Å². The molecular weight excluding hydrogens is 274 g/mol. The lowest BCUT2D eigenvalue weighted by Crippen LogP contribution is -2.41. The molecule has 21 heavy (non-hydrogen) atoms. The molecular formula is C13H23N5O3. The number of nitro groups is 1. The van der Waals surface area contributed by atoms with Gasteiger partial charge >= 0.3 is 5.69 Å². The maximum absolute atomic E-state index is 11.7. The first-order valence-corrected chi connectivity index (χ1v) is 6.92. The SMILES string of the molecule is CCn1nc(C)c([N+](=O)[O-])c1NCCC(=O)NC(C)(C)C. The maximum Gasteiger partial charge on any atom is 0.333 e. The second-order valence-corrected chi connectivity index (χ2v) is 5.83. The maximum atomic E-state index is 11.7. The minimum atomic E-state index is -0.452. The molecule has 0 aromatic carbocycles. The van der Waals surface area contributed by atoms with Crippen LogP contribution in [0.15, 0.2) is 0 Å². The normalized spacial score (nSPS) is 11.3. The molecule has 0 saturated heterocycles. The number of nitrogens with zero attached hydrogens (tertiary/aromatic N) is 3. The van der Waals surface area contributed by atoms with Crippen molar-refractivity contribution in [3.8, 4) is 0 Å². The van der Waals surface area contributed by atoms with E-state index in [-0.39, 0.29) is 23.6 Å². The van der Waals surface area contributed by atoms with Crippen LogP contribution in [-0.2, 0) is 11.3 Å². The number of anilines is 1. The molecule has 0 radical (unpaired) electrons. The lowest BCUT2D eigenvalue weighted by Gasteiger charge is -2.20. The number of amides is 1. The van der Waals surface area contributed by atoms with Crippen LogP contribution in [0.4, 0.5) is 11.5 Å². The molecule has 0 bridgehead atoms. The second-order valence-electron chi connectivity index (χ2n) is 5.83. The van der Waals surface area contributed by atoms with Gasteiger partial charge in [-0.1, -0.05) is 0 Å². The second kappa shape index (κ2) is 6.55. The van der Waals surface area contributed by atoms with Gasteiger partial charge in [0.05, 0.1) is 4.92 Å². The van der Waals surface area contributed by atoms with Crippen molar-refractivity contribution < 1.29 is 9.72 Å². The van der Waals surface area contributed by atoms with Gasteiger partial charge in [-0.3, -0.25) is 14.9 Å². The fourth-order valence-electron chi connectivity index (χ4n) is 1.97. The van der Waals surface area contributed by atoms with Crippen LogP contribution in [0.25, 0.3) is 0 Å². The molecule has 0 saturated carbocycles. The van der Waals surface area contributed by atoms with Crippen LogP contribution < -0.4 is 10.6 Å². The monoisotopic (exact) mass is 297 g/mol. The highest BCUT2D eigenvalue weighted by Gasteiger charge is 2.24. The number of carbonyl (C=O) groups is 1. The molecule has 1 aromatic rings. The number of aromatic nitrogens is 2. The first kappa shape index (κ1) is 16.9. The minimum absolute atomic E-state index is 0.0342. The molecule has 8 nitrogen and oxygen atoms in total. The first-order chi connectivity index (χ1) is 9.65. The summed E-state index contributed by atoms with van der Waals surface area (Å²) in [5, 5.41) is 21.0. The predicted octanol–water partition coefficient (Wildman–Crippen LogP) is 1.84. The van der Waals surface area contributed by atoms with Crippen LogP contribution >= 0.6 is 0 Å². The van der Waals surface area contributed by atoms with Crippen LogP contribution in [0.1, 0.15) is 39.8 Å². The summed E-state index contributed by atoms with van der Waals surface area (Å²) >= 11 is 0. The topological polar surface area (TPSA) is 102 Å². The molecule has 0 unspecified atom stereocenters. The summed E-state index contributed by atoms with van der Waals surface area (Å²) in [6.07, 6.45) is 0.238. The van der Waals surface area contributed by atoms with E-state index in [1.54, 1.807) is 6.92 Å². The summed E-state index contributed by atoms with van der Waals surface area (Å²) in [6.45, 7) is 9.99. The molecule has 0 atom stereocenters. The van der Waals surface area contributed by atoms with Gasteiger partial charge in [0.1, 0.15) is 5.69 Å². The zero-order chi connectivity index (χ0) is 16.2. The van der Waals surface area contributed by atoms with Crippen LogP contribution in [0, 0.1) is 17.0 Å². The molecule has 1 rings (SSSR count). The molecule has 0 spiro atoms. The van der Waals surface area contributed by atoms with E-state index in [0.717, 1.165) is 0 Å². The number of nitrogens with one attached hydrogen (secondary N) is 2. The highest BCUT2D eigenvalue weighted by atomic mass is 16.6. The van der Waals surface area contributed by atoms with E-state index in [2.05, 4.69) is 15.7 Å². The Hall–Kier alpha value is -2.12. The Morgan fingerprint density at radius 3 is 2.52 bits per heavy atom. The molecule has 8 heteroatoms. The van der Waals surface area contributed by atoms with E-state index in [1.165, 1.54) is 4.68 Å². The van der Waals surface area contributed by atoms with Gasteiger partial charge in [-0.25, -0.2) is 4.68 Å². The van der Waals surface area contributed by atoms with Crippen molar-refractivity contribution in [2.75, 3.05) is 11.9 Å². The third-order valence-electron chi connectivity index (χ3n) is 2.74. The van der Waals surface area contributed by atoms with Crippen LogP contribution in [0.3, 0.4) is 0 Å². The predicted molar refractivity (Wildman–Crippen MR) is 80.3 cm³/mol. The van der Waals surface area contributed by atoms with E-state index in [9.17, 15) is 14.9 Å². The van der Waals surface area contributed by atoms with Crippen molar-refractivity contribution in [1.29, 1.82) is 0 Å². The fourth-order valence-corrected chi connectivity index (χ4v) is 1.97. The van der Waals surface area contributed by atoms with Crippen molar-refractivity contribution in [1.82, 2.24) is 15.1 Å². The Labute approximate surface area is 124 Å². The standard InChI is InChI=1S/C13H23N5O3/c1-6-17-12(11(18(20)21)9(2)16-17)14-8-7-10(19)15-13(3,4)5/h14H,6-8H2,1-5H3,(H,15,19). The van der Waals surface area contributed by atoms with E-state index in [4.69, 9.17) is 0 Å². The molecule has 0 aliphatic carbocycles. The van der Waals surface area contributed by atoms with Gasteiger partial charge in [0.25, 0.3) is 0 Å². The summed E-state index contributed by atoms with van der Waals surface area (Å²) in [5.74, 6) is 0.250. The van der Waals surface area contributed by atoms with Crippen molar-refractivity contribution in [2.45, 2.75) is 53.1 Å². The zero-order valence-electron chi connectivity index (χ0n) is 13.2. The molecule has 118 valence electrons. The number of hydrogen-bond donors (Lipinski definition) is 2. The lowest BCUT2D eigenvalue weighted by molar-refractivity contribution is -0.384. The summed E-state index contributed by atoms with van der Waals surface area (Å²) in [6, 6.07) is 0. The van der Waals surface area contributed by atoms with E-state index < -0.39 is 4.92 Å². The van der Waals surface area contributed by atoms with Crippen molar-refractivity contribution in [2.24, 2.45) is 0 Å². The molecule has 0 fully saturated rings. The van der Waals surface area contributed by atoms with Crippen molar-refractivity contribution in [3.05, 3.63) is 15.8 Å². The molecule has 2 N–H and O–H groups in total. The number of carbonyl (C=O) groups excluding carboxylic acids is 1. The molecule has 0 aliphatic heterocycles. The lowest BCUT2D eigenvalue weighted by atomic mass is 10.1. The minimum Gasteiger partial charge on any atom is -0.364 e. The molecule has 1 aromatic heterocycles. The Morgan fingerprint density at radius 2 is 2.05 bits per heavy atom. The average molecular weight is 297 g/mol. The smallest absolute Gasteiger partial charge is 0.333 e. The first-order valence-electron chi connectivity index (χ1n) is 6.92. The Balaban J connectivity index is 2.71. The van der Waals surface area contributed by atoms with Crippen molar-refractivity contribution in [3.63, 3.8) is 0 Å². The third kappa shape index (κ3) is 4.73. The van der Waals surface area contributed by atoms with Crippen molar-refractivity contribution >= 4 is 17.4 Å². The number of hydrogen-bond acceptors (Lipinski definition) is 5. The highest BCUT2D eigenvalue weighted by molar-refractivity contribution is 5.77. The van der Waals surface area contributed by atoms with Gasteiger partial charge in [-0.15, -0.1) is 0 Å². The summed E-state index contributed by atoms with van der Waals surface area (Å²) in [5.41, 5.74) is 0.0433. The van der Waals surface area contributed by atoms with Gasteiger partial charge in [0, 0.05) is 25.0 Å². The zero-order valence-corrected chi connectivity index (χ0v) is 13.2. The summed E-state index contributed by atoms with van der Waals surface area (Å²) < 4.78 is 1.54. The fraction of sp³-hybridized carbons (Fsp3) is 0.692. The van der Waals surface area contributed by atoms with Gasteiger partial charge in [0.2, 0.25) is 11.7 Å². The Bertz CT molecular complexity index is 531. The van der Waals surface area contributed by atoms with Gasteiger partial charge < -0.3 is 10.6 Å². The van der Waals surface area contributed by atoms with Crippen LogP contribution in [-0.4, -0.2) is 32.7 Å². The average Bonchev–Trinajstić information content (AvgIpc) is 2.63. The van der Waals surface area contributed by atoms with E-state index in [1.807, 2.05) is 27.7 Å².